The van der Waals surface area contributed by atoms with Gasteiger partial charge in [-0.05, 0) is 150 Å². The summed E-state index contributed by atoms with van der Waals surface area (Å²) in [5.41, 5.74) is 24.7. The van der Waals surface area contributed by atoms with Gasteiger partial charge in [0.25, 0.3) is 0 Å². The Morgan fingerprint density at radius 1 is 0.113 bits per heavy atom. The maximum atomic E-state index is 5.21. The highest BCUT2D eigenvalue weighted by Gasteiger charge is 2.27. The molecule has 142 heavy (non-hydrogen) atoms. The van der Waals surface area contributed by atoms with Crippen molar-refractivity contribution in [2.24, 2.45) is 0 Å². The van der Waals surface area contributed by atoms with E-state index >= 15 is 0 Å². The lowest BCUT2D eigenvalue weighted by Gasteiger charge is -2.11. The molecule has 0 radical (unpaired) electrons. The van der Waals surface area contributed by atoms with Gasteiger partial charge < -0.3 is 18.3 Å². The second-order valence-electron chi connectivity index (χ2n) is 35.6. The van der Waals surface area contributed by atoms with Crippen LogP contribution < -0.4 is 0 Å². The van der Waals surface area contributed by atoms with Gasteiger partial charge in [0.05, 0.1) is 66.2 Å². The molecule has 0 unspecified atom stereocenters. The summed E-state index contributed by atoms with van der Waals surface area (Å²) >= 11 is 0. The van der Waals surface area contributed by atoms with Gasteiger partial charge in [-0.1, -0.05) is 352 Å². The van der Waals surface area contributed by atoms with Crippen molar-refractivity contribution in [2.75, 3.05) is 0 Å². The van der Waals surface area contributed by atoms with Crippen molar-refractivity contribution in [1.82, 2.24) is 72.3 Å². The SMILES string of the molecule is c1ccc(-c2nc(-c3ccc4ccccc4c3)nc(-n3c4ccccc4c4cc5c(cc43)c3ccccc3n5-c3ccccc3)n2)cc1.c1ccc(-c2nc(-c3ccccc3)nc(-c3ccc(-n4c5ccccc5c5cc6c(cc54)c4ccccc4n6-c4ccccc4)cc3)n2)cc1.c1ccc(-c2nc(-c3ccccc3)nc(-n3c4ccccc4c4cc5c(cc43)c3ccccc3n5-c3ccccc3)n2)cc1. The Kier molecular flexibility index (Phi) is 19.9. The van der Waals surface area contributed by atoms with E-state index in [1.54, 1.807) is 0 Å². The monoisotopic (exact) mass is 1820 g/mol. The number of nitrogens with zero attached hydrogens (tertiary/aromatic N) is 15. The molecule has 0 saturated carbocycles. The summed E-state index contributed by atoms with van der Waals surface area (Å²) in [6.45, 7) is 0. The Labute approximate surface area is 814 Å². The zero-order valence-corrected chi connectivity index (χ0v) is 76.5. The van der Waals surface area contributed by atoms with Crippen LogP contribution in [-0.4, -0.2) is 72.3 Å². The fourth-order valence-corrected chi connectivity index (χ4v) is 20.8. The van der Waals surface area contributed by atoms with Crippen LogP contribution in [-0.2, 0) is 0 Å². The predicted molar refractivity (Wildman–Crippen MR) is 581 cm³/mol. The van der Waals surface area contributed by atoms with E-state index < -0.39 is 0 Å². The second kappa shape index (κ2) is 34.4. The van der Waals surface area contributed by atoms with E-state index in [0.29, 0.717) is 52.7 Å². The highest BCUT2D eigenvalue weighted by Crippen LogP contribution is 2.46. The van der Waals surface area contributed by atoms with Crippen LogP contribution in [0.1, 0.15) is 0 Å². The van der Waals surface area contributed by atoms with Crippen molar-refractivity contribution >= 4 is 142 Å². The van der Waals surface area contributed by atoms with Crippen molar-refractivity contribution in [3.63, 3.8) is 0 Å². The molecule has 9 aromatic heterocycles. The third-order valence-corrected chi connectivity index (χ3v) is 27.3. The van der Waals surface area contributed by atoms with Gasteiger partial charge in [0.1, 0.15) is 0 Å². The molecule has 15 nitrogen and oxygen atoms in total. The zero-order valence-electron chi connectivity index (χ0n) is 76.5. The molecule has 0 N–H and O–H groups in total. The number of fused-ring (bicyclic) bond motifs is 19. The average Bonchev–Trinajstić information content (AvgIpc) is 1.56. The Balaban J connectivity index is 0.000000107. The third kappa shape index (κ3) is 14.2. The van der Waals surface area contributed by atoms with Crippen molar-refractivity contribution in [3.05, 3.63) is 491 Å². The van der Waals surface area contributed by atoms with Crippen molar-refractivity contribution in [2.45, 2.75) is 0 Å². The Morgan fingerprint density at radius 3 is 0.577 bits per heavy atom. The summed E-state index contributed by atoms with van der Waals surface area (Å²) in [7, 11) is 0. The van der Waals surface area contributed by atoms with Crippen LogP contribution >= 0.6 is 0 Å². The first kappa shape index (κ1) is 82.0. The average molecular weight is 1820 g/mol. The van der Waals surface area contributed by atoms with Gasteiger partial charge >= 0.3 is 0 Å². The summed E-state index contributed by atoms with van der Waals surface area (Å²) in [5, 5.41) is 16.6. The van der Waals surface area contributed by atoms with Crippen molar-refractivity contribution in [3.8, 4) is 114 Å². The van der Waals surface area contributed by atoms with E-state index in [-0.39, 0.29) is 0 Å². The Hall–Kier alpha value is -19.5. The normalized spacial score (nSPS) is 11.7. The fourth-order valence-electron chi connectivity index (χ4n) is 20.8. The summed E-state index contributed by atoms with van der Waals surface area (Å²) in [4.78, 5) is 45.3. The minimum atomic E-state index is 0.587. The van der Waals surface area contributed by atoms with Gasteiger partial charge in [-0.25, -0.2) is 24.9 Å². The molecule has 0 aliphatic heterocycles. The standard InChI is InChI=1S/C45H29N5.C43H27N5.C39H25N5/c1-4-14-30(15-5-1)43-46-44(31-16-6-2-7-17-31)48-45(47-43)32-24-26-34(27-25-32)50-40-23-13-11-21-36(40)38-28-41-37(29-42(38)50)35-20-10-12-22-39(35)49(41)33-18-8-3-9-19-33;1-3-14-29(15-4-1)41-44-42(31-24-23-28-13-7-8-16-30(28)25-31)46-43(45-41)48-38-22-12-10-20-34(38)36-26-39-35(27-40(36)48)33-19-9-11-21-37(33)47(39)32-17-5-2-6-18-32;1-4-14-26(15-5-1)37-40-38(27-16-6-2-7-17-27)42-39(41-37)44-34-23-13-11-21-30(34)32-24-35-31(25-36(32)44)29-20-10-12-22-33(29)43(35)28-18-8-3-9-19-28/h1-29H;1-27H;1-25H. The van der Waals surface area contributed by atoms with Crippen molar-refractivity contribution in [1.29, 1.82) is 0 Å². The predicted octanol–water partition coefficient (Wildman–Crippen LogP) is 31.0. The molecule has 15 heteroatoms. The summed E-state index contributed by atoms with van der Waals surface area (Å²) in [6, 6.07) is 171. The fraction of sp³-hybridized carbons (Fsp3) is 0. The van der Waals surface area contributed by atoms with E-state index in [4.69, 9.17) is 44.9 Å². The highest BCUT2D eigenvalue weighted by atomic mass is 15.2. The first-order chi connectivity index (χ1) is 70.4. The molecule has 0 bridgehead atoms. The molecular formula is C127H81N15. The van der Waals surface area contributed by atoms with Crippen LogP contribution in [0.4, 0.5) is 0 Å². The van der Waals surface area contributed by atoms with Crippen molar-refractivity contribution < 1.29 is 0 Å². The maximum absolute atomic E-state index is 5.21. The first-order valence-corrected chi connectivity index (χ1v) is 47.7. The van der Waals surface area contributed by atoms with Gasteiger partial charge in [-0.3, -0.25) is 9.13 Å². The second-order valence-corrected chi connectivity index (χ2v) is 35.6. The smallest absolute Gasteiger partial charge is 0.238 e. The first-order valence-electron chi connectivity index (χ1n) is 47.7. The van der Waals surface area contributed by atoms with E-state index in [1.807, 2.05) is 140 Å². The Morgan fingerprint density at radius 2 is 0.303 bits per heavy atom. The number of hydrogen-bond acceptors (Lipinski definition) is 9. The molecule has 0 spiro atoms. The summed E-state index contributed by atoms with van der Waals surface area (Å²) in [6.07, 6.45) is 0. The molecule has 0 amide bonds. The molecule has 0 saturated heterocycles. The zero-order chi connectivity index (χ0) is 93.7. The number of hydrogen-bond donors (Lipinski definition) is 0. The van der Waals surface area contributed by atoms with Crippen LogP contribution in [0.15, 0.2) is 491 Å². The van der Waals surface area contributed by atoms with Gasteiger partial charge in [-0.2, -0.15) is 19.9 Å². The molecular weight excluding hydrogens is 1740 g/mol. The van der Waals surface area contributed by atoms with Gasteiger partial charge in [0.2, 0.25) is 11.9 Å². The van der Waals surface area contributed by atoms with Crippen LogP contribution in [0.5, 0.6) is 0 Å². The quantitative estimate of drug-likeness (QED) is 0.110. The minimum Gasteiger partial charge on any atom is -0.309 e. The number of rotatable bonds is 13. The molecule has 9 heterocycles. The highest BCUT2D eigenvalue weighted by molar-refractivity contribution is 6.22. The topological polar surface area (TPSA) is 146 Å². The maximum Gasteiger partial charge on any atom is 0.238 e. The third-order valence-electron chi connectivity index (χ3n) is 27.3. The van der Waals surface area contributed by atoms with Crippen LogP contribution in [0.2, 0.25) is 0 Å². The van der Waals surface area contributed by atoms with Gasteiger partial charge in [0, 0.05) is 126 Å². The molecule has 0 fully saturated rings. The van der Waals surface area contributed by atoms with Gasteiger partial charge in [-0.15, -0.1) is 0 Å². The summed E-state index contributed by atoms with van der Waals surface area (Å²) in [5.74, 6) is 5.68. The molecule has 664 valence electrons. The lowest BCUT2D eigenvalue weighted by molar-refractivity contribution is 0.953. The molecule has 29 rings (SSSR count). The lowest BCUT2D eigenvalue weighted by Crippen LogP contribution is -2.06. The molecule has 20 aromatic carbocycles. The van der Waals surface area contributed by atoms with E-state index in [1.165, 1.54) is 81.6 Å². The largest absolute Gasteiger partial charge is 0.309 e. The molecule has 0 aliphatic carbocycles. The van der Waals surface area contributed by atoms with E-state index in [9.17, 15) is 0 Å². The molecule has 0 atom stereocenters. The van der Waals surface area contributed by atoms with Crippen LogP contribution in [0.25, 0.3) is 256 Å². The van der Waals surface area contributed by atoms with E-state index in [2.05, 4.69) is 379 Å². The van der Waals surface area contributed by atoms with Crippen LogP contribution in [0.3, 0.4) is 0 Å². The molecule has 29 aromatic rings. The van der Waals surface area contributed by atoms with E-state index in [0.717, 1.165) is 122 Å². The summed E-state index contributed by atoms with van der Waals surface area (Å²) < 4.78 is 13.9. The lowest BCUT2D eigenvalue weighted by atomic mass is 10.1. The van der Waals surface area contributed by atoms with Gasteiger partial charge in [0.15, 0.2) is 40.8 Å². The molecule has 0 aliphatic rings. The number of para-hydroxylation sites is 9. The number of aromatic nitrogens is 15. The van der Waals surface area contributed by atoms with Crippen LogP contribution in [0, 0.1) is 0 Å². The number of benzene rings is 20. The minimum absolute atomic E-state index is 0.587. The Bertz CT molecular complexity index is 9840.